The van der Waals surface area contributed by atoms with Crippen LogP contribution in [0, 0.1) is 6.92 Å². The minimum atomic E-state index is -0.0720. The van der Waals surface area contributed by atoms with Crippen molar-refractivity contribution in [3.8, 4) is 11.5 Å². The van der Waals surface area contributed by atoms with E-state index in [-0.39, 0.29) is 5.16 Å². The van der Waals surface area contributed by atoms with Crippen LogP contribution in [0.4, 0.5) is 5.69 Å². The Morgan fingerprint density at radius 2 is 1.65 bits per heavy atom. The molecule has 0 spiro atoms. The van der Waals surface area contributed by atoms with Crippen LogP contribution in [0.15, 0.2) is 66.7 Å². The molecule has 0 heterocycles. The molecule has 0 aliphatic rings. The van der Waals surface area contributed by atoms with E-state index >= 15 is 0 Å². The highest BCUT2D eigenvalue weighted by Crippen LogP contribution is 2.51. The third-order valence-corrected chi connectivity index (χ3v) is 7.94. The van der Waals surface area contributed by atoms with Gasteiger partial charge in [-0.3, -0.25) is 0 Å². The predicted molar refractivity (Wildman–Crippen MR) is 135 cm³/mol. The van der Waals surface area contributed by atoms with Gasteiger partial charge in [-0.2, -0.15) is 0 Å². The molecular formula is C27H34NO2P. The number of hydrogen-bond acceptors (Lipinski definition) is 3. The number of aryl methyl sites for hydroxylation is 1. The van der Waals surface area contributed by atoms with Gasteiger partial charge >= 0.3 is 0 Å². The van der Waals surface area contributed by atoms with Crippen molar-refractivity contribution >= 4 is 19.6 Å². The third kappa shape index (κ3) is 5.22. The number of benzene rings is 3. The third-order valence-electron chi connectivity index (χ3n) is 5.86. The standard InChI is InChI=1S/C27H34NO2P/c1-7-27(3,31-26-20(2)13-11-17-23(26)28(4)5)22-16-12-18-24(29-6)25(22)30-19-21-14-9-8-10-15-21/h8-18,31H,7,19H2,1-6H3. The van der Waals surface area contributed by atoms with Crippen molar-refractivity contribution < 1.29 is 9.47 Å². The summed E-state index contributed by atoms with van der Waals surface area (Å²) in [5.41, 5.74) is 4.97. The van der Waals surface area contributed by atoms with Gasteiger partial charge in [0, 0.05) is 30.5 Å². The zero-order valence-electron chi connectivity index (χ0n) is 19.5. The Morgan fingerprint density at radius 3 is 2.29 bits per heavy atom. The van der Waals surface area contributed by atoms with E-state index in [1.807, 2.05) is 24.3 Å². The highest BCUT2D eigenvalue weighted by molar-refractivity contribution is 7.49. The van der Waals surface area contributed by atoms with Crippen molar-refractivity contribution in [2.75, 3.05) is 26.1 Å². The molecule has 0 aromatic heterocycles. The van der Waals surface area contributed by atoms with E-state index in [9.17, 15) is 0 Å². The summed E-state index contributed by atoms with van der Waals surface area (Å²) in [5.74, 6) is 1.64. The fraction of sp³-hybridized carbons (Fsp3) is 0.333. The zero-order chi connectivity index (χ0) is 22.4. The topological polar surface area (TPSA) is 21.7 Å². The molecular weight excluding hydrogens is 401 g/mol. The van der Waals surface area contributed by atoms with Crippen molar-refractivity contribution in [2.45, 2.75) is 39.0 Å². The van der Waals surface area contributed by atoms with E-state index < -0.39 is 0 Å². The summed E-state index contributed by atoms with van der Waals surface area (Å²) in [6.07, 6.45) is 1.00. The molecule has 0 aliphatic heterocycles. The second-order valence-corrected chi connectivity index (χ2v) is 10.1. The molecule has 0 saturated heterocycles. The quantitative estimate of drug-likeness (QED) is 0.369. The van der Waals surface area contributed by atoms with Crippen LogP contribution in [0.1, 0.15) is 37.0 Å². The van der Waals surface area contributed by atoms with Crippen LogP contribution in [0.5, 0.6) is 11.5 Å². The van der Waals surface area contributed by atoms with E-state index in [1.54, 1.807) is 7.11 Å². The fourth-order valence-electron chi connectivity index (χ4n) is 3.80. The van der Waals surface area contributed by atoms with Crippen molar-refractivity contribution in [3.63, 3.8) is 0 Å². The van der Waals surface area contributed by atoms with Crippen LogP contribution in [0.3, 0.4) is 0 Å². The monoisotopic (exact) mass is 435 g/mol. The lowest BCUT2D eigenvalue weighted by molar-refractivity contribution is 0.278. The van der Waals surface area contributed by atoms with Gasteiger partial charge in [0.25, 0.3) is 0 Å². The summed E-state index contributed by atoms with van der Waals surface area (Å²) >= 11 is 0. The first-order valence-electron chi connectivity index (χ1n) is 10.8. The second-order valence-electron chi connectivity index (χ2n) is 8.29. The highest BCUT2D eigenvalue weighted by Gasteiger charge is 2.31. The summed E-state index contributed by atoms with van der Waals surface area (Å²) in [7, 11) is 6.55. The Morgan fingerprint density at radius 1 is 0.935 bits per heavy atom. The van der Waals surface area contributed by atoms with Gasteiger partial charge in [0.2, 0.25) is 0 Å². The average molecular weight is 436 g/mol. The maximum Gasteiger partial charge on any atom is 0.165 e. The molecule has 31 heavy (non-hydrogen) atoms. The number of methoxy groups -OCH3 is 1. The molecule has 2 atom stereocenters. The lowest BCUT2D eigenvalue weighted by Gasteiger charge is -2.33. The molecule has 0 amide bonds. The Hall–Kier alpha value is -2.51. The summed E-state index contributed by atoms with van der Waals surface area (Å²) in [6, 6.07) is 23.1. The van der Waals surface area contributed by atoms with Crippen LogP contribution in [0.2, 0.25) is 0 Å². The minimum absolute atomic E-state index is 0.0720. The molecule has 2 unspecified atom stereocenters. The van der Waals surface area contributed by atoms with Gasteiger partial charge in [0.05, 0.1) is 7.11 Å². The molecule has 3 aromatic carbocycles. The summed E-state index contributed by atoms with van der Waals surface area (Å²) in [4.78, 5) is 2.21. The van der Waals surface area contributed by atoms with Gasteiger partial charge in [-0.1, -0.05) is 77.0 Å². The summed E-state index contributed by atoms with van der Waals surface area (Å²) in [5, 5.41) is 1.34. The van der Waals surface area contributed by atoms with Gasteiger partial charge in [-0.25, -0.2) is 0 Å². The largest absolute Gasteiger partial charge is 0.493 e. The average Bonchev–Trinajstić information content (AvgIpc) is 2.79. The van der Waals surface area contributed by atoms with Crippen LogP contribution in [-0.4, -0.2) is 21.2 Å². The molecule has 4 heteroatoms. The highest BCUT2D eigenvalue weighted by atomic mass is 31.1. The van der Waals surface area contributed by atoms with Crippen molar-refractivity contribution in [2.24, 2.45) is 0 Å². The maximum atomic E-state index is 6.41. The number of ether oxygens (including phenoxy) is 2. The molecule has 3 nitrogen and oxygen atoms in total. The van der Waals surface area contributed by atoms with Gasteiger partial charge in [-0.15, -0.1) is 0 Å². The van der Waals surface area contributed by atoms with Gasteiger partial charge in [-0.05, 0) is 41.9 Å². The second kappa shape index (κ2) is 10.2. The molecule has 0 N–H and O–H groups in total. The normalized spacial score (nSPS) is 13.2. The molecule has 164 valence electrons. The number of nitrogens with zero attached hydrogens (tertiary/aromatic N) is 1. The van der Waals surface area contributed by atoms with E-state index in [1.165, 1.54) is 22.1 Å². The van der Waals surface area contributed by atoms with Crippen molar-refractivity contribution in [1.82, 2.24) is 0 Å². The van der Waals surface area contributed by atoms with Crippen molar-refractivity contribution in [1.29, 1.82) is 0 Å². The Kier molecular flexibility index (Phi) is 7.62. The van der Waals surface area contributed by atoms with E-state index in [4.69, 9.17) is 9.47 Å². The van der Waals surface area contributed by atoms with Crippen molar-refractivity contribution in [3.05, 3.63) is 83.4 Å². The Bertz CT molecular complexity index is 1000. The molecule has 0 saturated carbocycles. The smallest absolute Gasteiger partial charge is 0.165 e. The lowest BCUT2D eigenvalue weighted by Crippen LogP contribution is -2.24. The summed E-state index contributed by atoms with van der Waals surface area (Å²) in [6.45, 7) is 7.34. The van der Waals surface area contributed by atoms with Crippen LogP contribution < -0.4 is 19.7 Å². The van der Waals surface area contributed by atoms with E-state index in [0.29, 0.717) is 15.2 Å². The fourth-order valence-corrected chi connectivity index (χ4v) is 5.57. The zero-order valence-corrected chi connectivity index (χ0v) is 20.5. The van der Waals surface area contributed by atoms with E-state index in [0.717, 1.165) is 23.5 Å². The first-order valence-corrected chi connectivity index (χ1v) is 11.8. The lowest BCUT2D eigenvalue weighted by atomic mass is 9.96. The van der Waals surface area contributed by atoms with Crippen LogP contribution in [0.25, 0.3) is 0 Å². The van der Waals surface area contributed by atoms with E-state index in [2.05, 4.69) is 82.2 Å². The number of anilines is 1. The molecule has 0 fully saturated rings. The maximum absolute atomic E-state index is 6.41. The molecule has 0 radical (unpaired) electrons. The van der Waals surface area contributed by atoms with Crippen LogP contribution in [-0.2, 0) is 11.8 Å². The number of rotatable bonds is 9. The molecule has 3 aromatic rings. The Labute approximate surface area is 189 Å². The SMILES string of the molecule is CCC(C)(Pc1c(C)cccc1N(C)C)c1cccc(OC)c1OCc1ccccc1. The first kappa shape index (κ1) is 23.2. The predicted octanol–water partition coefficient (Wildman–Crippen LogP) is 6.28. The molecule has 0 bridgehead atoms. The van der Waals surface area contributed by atoms with Gasteiger partial charge in [0.1, 0.15) is 6.61 Å². The number of hydrogen-bond donors (Lipinski definition) is 0. The number of para-hydroxylation sites is 1. The minimum Gasteiger partial charge on any atom is -0.493 e. The van der Waals surface area contributed by atoms with Gasteiger partial charge < -0.3 is 14.4 Å². The Balaban J connectivity index is 2.03. The molecule has 3 rings (SSSR count). The first-order chi connectivity index (χ1) is 14.9. The molecule has 0 aliphatic carbocycles. The van der Waals surface area contributed by atoms with Gasteiger partial charge in [0.15, 0.2) is 11.5 Å². The summed E-state index contributed by atoms with van der Waals surface area (Å²) < 4.78 is 12.1. The van der Waals surface area contributed by atoms with Crippen LogP contribution >= 0.6 is 8.58 Å².